The van der Waals surface area contributed by atoms with Crippen LogP contribution < -0.4 is 5.32 Å². The minimum absolute atomic E-state index is 0.0000813. The second kappa shape index (κ2) is 8.23. The van der Waals surface area contributed by atoms with Gasteiger partial charge in [-0.05, 0) is 44.5 Å². The van der Waals surface area contributed by atoms with Crippen LogP contribution in [0.15, 0.2) is 60.7 Å². The van der Waals surface area contributed by atoms with Crippen molar-refractivity contribution in [2.24, 2.45) is 0 Å². The van der Waals surface area contributed by atoms with Crippen molar-refractivity contribution in [2.75, 3.05) is 5.32 Å². The molecule has 0 fully saturated rings. The number of nitrogens with zero attached hydrogens (tertiary/aromatic N) is 2. The zero-order valence-electron chi connectivity index (χ0n) is 15.3. The van der Waals surface area contributed by atoms with Gasteiger partial charge in [0.15, 0.2) is 0 Å². The molecule has 1 atom stereocenters. The van der Waals surface area contributed by atoms with Crippen LogP contribution in [0.25, 0.3) is 5.69 Å². The number of para-hydroxylation sites is 2. The first-order valence-electron chi connectivity index (χ1n) is 8.63. The van der Waals surface area contributed by atoms with Gasteiger partial charge in [-0.15, -0.1) is 11.8 Å². The van der Waals surface area contributed by atoms with E-state index in [1.807, 2.05) is 74.0 Å². The first-order valence-corrected chi connectivity index (χ1v) is 9.68. The predicted octanol–water partition coefficient (Wildman–Crippen LogP) is 4.75. The molecule has 0 saturated heterocycles. The van der Waals surface area contributed by atoms with Crippen LogP contribution in [0.4, 0.5) is 5.69 Å². The van der Waals surface area contributed by atoms with Gasteiger partial charge in [-0.2, -0.15) is 5.10 Å². The largest absolute Gasteiger partial charge is 0.323 e. The number of aryl methyl sites for hydroxylation is 2. The lowest BCUT2D eigenvalue weighted by atomic mass is 10.2. The van der Waals surface area contributed by atoms with Gasteiger partial charge in [0.1, 0.15) is 0 Å². The monoisotopic (exact) mass is 365 g/mol. The van der Waals surface area contributed by atoms with E-state index in [0.717, 1.165) is 28.5 Å². The molecule has 2 aromatic carbocycles. The smallest absolute Gasteiger partial charge is 0.237 e. The van der Waals surface area contributed by atoms with Gasteiger partial charge in [0.2, 0.25) is 5.91 Å². The Kier molecular flexibility index (Phi) is 5.78. The molecule has 26 heavy (non-hydrogen) atoms. The van der Waals surface area contributed by atoms with Crippen LogP contribution in [-0.4, -0.2) is 20.9 Å². The summed E-state index contributed by atoms with van der Waals surface area (Å²) in [6.45, 7) is 5.92. The molecule has 0 bridgehead atoms. The number of hydrogen-bond acceptors (Lipinski definition) is 3. The Morgan fingerprint density at radius 2 is 1.81 bits per heavy atom. The zero-order chi connectivity index (χ0) is 18.5. The molecule has 0 radical (unpaired) electrons. The maximum atomic E-state index is 12.6. The molecule has 0 aliphatic rings. The first kappa shape index (κ1) is 18.3. The molecule has 0 spiro atoms. The molecule has 0 aliphatic carbocycles. The van der Waals surface area contributed by atoms with Crippen molar-refractivity contribution >= 4 is 23.4 Å². The highest BCUT2D eigenvalue weighted by Crippen LogP contribution is 2.24. The number of nitrogens with one attached hydrogen (secondary N) is 1. The Hall–Kier alpha value is -2.53. The van der Waals surface area contributed by atoms with Crippen molar-refractivity contribution in [1.82, 2.24) is 9.78 Å². The van der Waals surface area contributed by atoms with Crippen LogP contribution in [-0.2, 0) is 10.5 Å². The Balaban J connectivity index is 1.70. The maximum absolute atomic E-state index is 12.6. The van der Waals surface area contributed by atoms with Gasteiger partial charge in [-0.1, -0.05) is 42.5 Å². The van der Waals surface area contributed by atoms with Crippen molar-refractivity contribution < 1.29 is 4.79 Å². The van der Waals surface area contributed by atoms with Crippen molar-refractivity contribution in [3.8, 4) is 5.69 Å². The molecule has 134 valence electrons. The number of benzene rings is 2. The number of amides is 1. The molecular formula is C21H23N3OS. The number of thioether (sulfide) groups is 1. The summed E-state index contributed by atoms with van der Waals surface area (Å²) in [7, 11) is 0. The number of aromatic nitrogens is 2. The molecular weight excluding hydrogens is 342 g/mol. The summed E-state index contributed by atoms with van der Waals surface area (Å²) >= 11 is 1.63. The Morgan fingerprint density at radius 3 is 2.50 bits per heavy atom. The van der Waals surface area contributed by atoms with E-state index in [1.54, 1.807) is 11.8 Å². The summed E-state index contributed by atoms with van der Waals surface area (Å²) in [5.74, 6) is 0.814. The number of anilines is 1. The van der Waals surface area contributed by atoms with Crippen molar-refractivity contribution in [1.29, 1.82) is 0 Å². The minimum atomic E-state index is -0.149. The van der Waals surface area contributed by atoms with Gasteiger partial charge in [0.05, 0.1) is 22.3 Å². The van der Waals surface area contributed by atoms with Crippen LogP contribution in [0.5, 0.6) is 0 Å². The SMILES string of the molecule is Cc1cc(C)n(-c2ccccc2NC(=O)C(C)SCc2ccccc2)n1. The number of carbonyl (C=O) groups is 1. The van der Waals surface area contributed by atoms with E-state index in [4.69, 9.17) is 0 Å². The third-order valence-electron chi connectivity index (χ3n) is 4.11. The summed E-state index contributed by atoms with van der Waals surface area (Å²) < 4.78 is 1.87. The summed E-state index contributed by atoms with van der Waals surface area (Å²) in [6.07, 6.45) is 0. The van der Waals surface area contributed by atoms with Gasteiger partial charge in [0, 0.05) is 11.4 Å². The lowest BCUT2D eigenvalue weighted by molar-refractivity contribution is -0.115. The number of rotatable bonds is 6. The molecule has 1 aromatic heterocycles. The lowest BCUT2D eigenvalue weighted by Crippen LogP contribution is -2.23. The first-order chi connectivity index (χ1) is 12.5. The Morgan fingerprint density at radius 1 is 1.12 bits per heavy atom. The quantitative estimate of drug-likeness (QED) is 0.686. The van der Waals surface area contributed by atoms with Crippen LogP contribution in [0.2, 0.25) is 0 Å². The molecule has 1 amide bonds. The van der Waals surface area contributed by atoms with Gasteiger partial charge < -0.3 is 5.32 Å². The maximum Gasteiger partial charge on any atom is 0.237 e. The molecule has 1 N–H and O–H groups in total. The zero-order valence-corrected chi connectivity index (χ0v) is 16.1. The fraction of sp³-hybridized carbons (Fsp3) is 0.238. The van der Waals surface area contributed by atoms with E-state index in [-0.39, 0.29) is 11.2 Å². The van der Waals surface area contributed by atoms with Gasteiger partial charge in [0.25, 0.3) is 0 Å². The highest BCUT2D eigenvalue weighted by atomic mass is 32.2. The number of carbonyl (C=O) groups excluding carboxylic acids is 1. The van der Waals surface area contributed by atoms with Crippen molar-refractivity contribution in [2.45, 2.75) is 31.8 Å². The minimum Gasteiger partial charge on any atom is -0.323 e. The van der Waals surface area contributed by atoms with Crippen LogP contribution >= 0.6 is 11.8 Å². The van der Waals surface area contributed by atoms with Gasteiger partial charge in [-0.25, -0.2) is 4.68 Å². The average Bonchev–Trinajstić information content (AvgIpc) is 2.99. The number of hydrogen-bond donors (Lipinski definition) is 1. The summed E-state index contributed by atoms with van der Waals surface area (Å²) in [6, 6.07) is 20.0. The molecule has 1 heterocycles. The molecule has 4 nitrogen and oxygen atoms in total. The molecule has 3 aromatic rings. The third-order valence-corrected chi connectivity index (χ3v) is 5.33. The molecule has 3 rings (SSSR count). The molecule has 1 unspecified atom stereocenters. The predicted molar refractivity (Wildman–Crippen MR) is 109 cm³/mol. The highest BCUT2D eigenvalue weighted by Gasteiger charge is 2.16. The van der Waals surface area contributed by atoms with E-state index in [1.165, 1.54) is 5.56 Å². The second-order valence-electron chi connectivity index (χ2n) is 6.28. The van der Waals surface area contributed by atoms with E-state index < -0.39 is 0 Å². The fourth-order valence-corrected chi connectivity index (χ4v) is 3.59. The molecule has 5 heteroatoms. The highest BCUT2D eigenvalue weighted by molar-refractivity contribution is 7.99. The van der Waals surface area contributed by atoms with Crippen LogP contribution in [0.3, 0.4) is 0 Å². The molecule has 0 aliphatic heterocycles. The van der Waals surface area contributed by atoms with E-state index in [2.05, 4.69) is 22.5 Å². The normalized spacial score (nSPS) is 12.0. The Labute approximate surface area is 158 Å². The second-order valence-corrected chi connectivity index (χ2v) is 7.61. The summed E-state index contributed by atoms with van der Waals surface area (Å²) in [4.78, 5) is 12.6. The van der Waals surface area contributed by atoms with Gasteiger partial charge in [-0.3, -0.25) is 4.79 Å². The van der Waals surface area contributed by atoms with E-state index >= 15 is 0 Å². The van der Waals surface area contributed by atoms with Gasteiger partial charge >= 0.3 is 0 Å². The topological polar surface area (TPSA) is 46.9 Å². The summed E-state index contributed by atoms with van der Waals surface area (Å²) in [5.41, 5.74) is 4.87. The van der Waals surface area contributed by atoms with Crippen molar-refractivity contribution in [3.63, 3.8) is 0 Å². The fourth-order valence-electron chi connectivity index (χ4n) is 2.74. The average molecular weight is 366 g/mol. The molecule has 0 saturated carbocycles. The van der Waals surface area contributed by atoms with Crippen molar-refractivity contribution in [3.05, 3.63) is 77.6 Å². The van der Waals surface area contributed by atoms with E-state index in [9.17, 15) is 4.79 Å². The lowest BCUT2D eigenvalue weighted by Gasteiger charge is -2.15. The standard InChI is InChI=1S/C21H23N3OS/c1-15-13-16(2)24(23-15)20-12-8-7-11-19(20)22-21(25)17(3)26-14-18-9-5-4-6-10-18/h4-13,17H,14H2,1-3H3,(H,22,25). The van der Waals surface area contributed by atoms with E-state index in [0.29, 0.717) is 0 Å². The summed E-state index contributed by atoms with van der Waals surface area (Å²) in [5, 5.41) is 7.44. The van der Waals surface area contributed by atoms with Crippen LogP contribution in [0.1, 0.15) is 23.9 Å². The Bertz CT molecular complexity index is 889. The van der Waals surface area contributed by atoms with Crippen LogP contribution in [0, 0.1) is 13.8 Å². The third kappa shape index (κ3) is 4.35.